The van der Waals surface area contributed by atoms with Crippen molar-refractivity contribution in [2.45, 2.75) is 37.5 Å². The Morgan fingerprint density at radius 3 is 2.50 bits per heavy atom. The van der Waals surface area contributed by atoms with Crippen LogP contribution in [-0.2, 0) is 18.5 Å². The molecule has 0 atom stereocenters. The molecule has 0 aliphatic carbocycles. The van der Waals surface area contributed by atoms with Crippen LogP contribution in [0.3, 0.4) is 0 Å². The van der Waals surface area contributed by atoms with E-state index >= 15 is 0 Å². The molecule has 186 valence electrons. The summed E-state index contributed by atoms with van der Waals surface area (Å²) in [4.78, 5) is 12.7. The van der Waals surface area contributed by atoms with Crippen molar-refractivity contribution in [2.75, 3.05) is 0 Å². The van der Waals surface area contributed by atoms with E-state index in [0.717, 1.165) is 23.3 Å². The summed E-state index contributed by atoms with van der Waals surface area (Å²) in [6.07, 6.45) is -4.41. The van der Waals surface area contributed by atoms with Gasteiger partial charge in [-0.2, -0.15) is 13.2 Å². The maximum Gasteiger partial charge on any atom is 0.416 e. The number of rotatable bonds is 7. The Hall–Kier alpha value is -3.30. The number of halogens is 4. The molecule has 0 aliphatic heterocycles. The van der Waals surface area contributed by atoms with E-state index in [1.165, 1.54) is 17.8 Å². The Morgan fingerprint density at radius 2 is 1.78 bits per heavy atom. The Labute approximate surface area is 215 Å². The minimum absolute atomic E-state index is 0.0926. The van der Waals surface area contributed by atoms with Crippen LogP contribution in [0.5, 0.6) is 0 Å². The Balaban J connectivity index is 1.57. The van der Waals surface area contributed by atoms with Crippen LogP contribution in [-0.4, -0.2) is 20.7 Å². The van der Waals surface area contributed by atoms with E-state index in [-0.39, 0.29) is 18.2 Å². The summed E-state index contributed by atoms with van der Waals surface area (Å²) < 4.78 is 41.0. The number of carbonyl (C=O) groups is 1. The number of nitrogens with one attached hydrogen (secondary N) is 1. The van der Waals surface area contributed by atoms with Gasteiger partial charge in [0.05, 0.1) is 17.8 Å². The van der Waals surface area contributed by atoms with E-state index in [1.807, 2.05) is 32.0 Å². The monoisotopic (exact) mass is 530 g/mol. The second-order valence-corrected chi connectivity index (χ2v) is 9.56. The predicted octanol–water partition coefficient (Wildman–Crippen LogP) is 6.78. The smallest absolute Gasteiger partial charge is 0.345 e. The van der Waals surface area contributed by atoms with Gasteiger partial charge in [0.1, 0.15) is 0 Å². The fraction of sp³-hybridized carbons (Fsp3) is 0.192. The molecule has 0 aliphatic rings. The number of alkyl halides is 3. The van der Waals surface area contributed by atoms with Gasteiger partial charge in [-0.25, -0.2) is 0 Å². The molecule has 4 rings (SSSR count). The second kappa shape index (κ2) is 10.8. The van der Waals surface area contributed by atoms with Gasteiger partial charge in [-0.05, 0) is 66.9 Å². The fourth-order valence-corrected chi connectivity index (χ4v) is 4.61. The summed E-state index contributed by atoms with van der Waals surface area (Å²) in [5.74, 6) is 0.454. The molecule has 1 aromatic heterocycles. The summed E-state index contributed by atoms with van der Waals surface area (Å²) in [7, 11) is 0. The third kappa shape index (κ3) is 6.09. The van der Waals surface area contributed by atoms with Gasteiger partial charge in [0.15, 0.2) is 11.0 Å². The molecular formula is C26H22ClF3N4OS. The number of carbonyl (C=O) groups excluding carboxylic acids is 1. The third-order valence-corrected chi connectivity index (χ3v) is 6.80. The maximum absolute atomic E-state index is 13.1. The van der Waals surface area contributed by atoms with E-state index in [2.05, 4.69) is 15.5 Å². The Kier molecular flexibility index (Phi) is 7.70. The highest BCUT2D eigenvalue weighted by molar-refractivity contribution is 7.98. The van der Waals surface area contributed by atoms with Crippen molar-refractivity contribution in [1.29, 1.82) is 0 Å². The first-order valence-corrected chi connectivity index (χ1v) is 12.3. The number of hydrogen-bond acceptors (Lipinski definition) is 4. The largest absolute Gasteiger partial charge is 0.416 e. The van der Waals surface area contributed by atoms with E-state index in [9.17, 15) is 18.0 Å². The third-order valence-electron chi connectivity index (χ3n) is 5.57. The van der Waals surface area contributed by atoms with Crippen molar-refractivity contribution in [3.63, 3.8) is 0 Å². The predicted molar refractivity (Wildman–Crippen MR) is 134 cm³/mol. The van der Waals surface area contributed by atoms with Gasteiger partial charge in [-0.15, -0.1) is 10.2 Å². The molecular weight excluding hydrogens is 509 g/mol. The lowest BCUT2D eigenvalue weighted by Crippen LogP contribution is -2.24. The van der Waals surface area contributed by atoms with Crippen LogP contribution in [0, 0.1) is 13.8 Å². The topological polar surface area (TPSA) is 59.8 Å². The van der Waals surface area contributed by atoms with Crippen LogP contribution >= 0.6 is 23.4 Å². The summed E-state index contributed by atoms with van der Waals surface area (Å²) >= 11 is 7.44. The zero-order valence-electron chi connectivity index (χ0n) is 19.4. The molecule has 0 bridgehead atoms. The lowest BCUT2D eigenvalue weighted by Gasteiger charge is -2.12. The van der Waals surface area contributed by atoms with Crippen LogP contribution in [0.25, 0.3) is 5.69 Å². The average Bonchev–Trinajstić information content (AvgIpc) is 3.25. The van der Waals surface area contributed by atoms with Crippen molar-refractivity contribution < 1.29 is 18.0 Å². The van der Waals surface area contributed by atoms with E-state index < -0.39 is 11.7 Å². The number of aryl methyl sites for hydroxylation is 2. The molecule has 36 heavy (non-hydrogen) atoms. The second-order valence-electron chi connectivity index (χ2n) is 8.18. The lowest BCUT2D eigenvalue weighted by molar-refractivity contribution is -0.137. The average molecular weight is 531 g/mol. The van der Waals surface area contributed by atoms with Crippen molar-refractivity contribution in [3.05, 3.63) is 105 Å². The fourth-order valence-electron chi connectivity index (χ4n) is 3.51. The van der Waals surface area contributed by atoms with Crippen molar-refractivity contribution in [2.24, 2.45) is 0 Å². The van der Waals surface area contributed by atoms with Gasteiger partial charge in [0.2, 0.25) is 0 Å². The summed E-state index contributed by atoms with van der Waals surface area (Å²) in [6.45, 7) is 4.01. The lowest BCUT2D eigenvalue weighted by atomic mass is 10.1. The van der Waals surface area contributed by atoms with Gasteiger partial charge in [0.25, 0.3) is 5.91 Å². The minimum atomic E-state index is -4.41. The van der Waals surface area contributed by atoms with Crippen LogP contribution in [0.4, 0.5) is 13.2 Å². The molecule has 1 heterocycles. The molecule has 3 aromatic carbocycles. The Morgan fingerprint density at radius 1 is 1.00 bits per heavy atom. The van der Waals surface area contributed by atoms with Crippen molar-refractivity contribution >= 4 is 29.3 Å². The summed E-state index contributed by atoms with van der Waals surface area (Å²) in [5.41, 5.74) is 3.11. The molecule has 0 saturated heterocycles. The van der Waals surface area contributed by atoms with E-state index in [4.69, 9.17) is 11.6 Å². The first-order chi connectivity index (χ1) is 17.1. The number of amides is 1. The number of thioether (sulfide) groups is 1. The van der Waals surface area contributed by atoms with Gasteiger partial charge in [-0.3, -0.25) is 9.36 Å². The SMILES string of the molecule is Cc1ccc(C(=O)NCc2nnc(SCc3cccc(C(F)(F)F)c3)n2-c2cccc(Cl)c2)cc1C. The first kappa shape index (κ1) is 25.8. The number of aromatic nitrogens is 3. The molecule has 5 nitrogen and oxygen atoms in total. The van der Waals surface area contributed by atoms with E-state index in [1.54, 1.807) is 34.9 Å². The molecule has 0 radical (unpaired) electrons. The van der Waals surface area contributed by atoms with Crippen LogP contribution < -0.4 is 5.32 Å². The normalized spacial score (nSPS) is 11.5. The zero-order valence-corrected chi connectivity index (χ0v) is 21.0. The summed E-state index contributed by atoms with van der Waals surface area (Å²) in [6, 6.07) is 17.7. The van der Waals surface area contributed by atoms with Crippen molar-refractivity contribution in [3.8, 4) is 5.69 Å². The zero-order chi connectivity index (χ0) is 25.9. The molecule has 1 amide bonds. The maximum atomic E-state index is 13.1. The quantitative estimate of drug-likeness (QED) is 0.268. The highest BCUT2D eigenvalue weighted by Gasteiger charge is 2.30. The number of benzene rings is 3. The van der Waals surface area contributed by atoms with Crippen molar-refractivity contribution in [1.82, 2.24) is 20.1 Å². The van der Waals surface area contributed by atoms with Gasteiger partial charge >= 0.3 is 6.18 Å². The minimum Gasteiger partial charge on any atom is -0.345 e. The molecule has 0 unspecified atom stereocenters. The molecule has 0 spiro atoms. The Bertz CT molecular complexity index is 1400. The molecule has 10 heteroatoms. The number of nitrogens with zero attached hydrogens (tertiary/aromatic N) is 3. The summed E-state index contributed by atoms with van der Waals surface area (Å²) in [5, 5.41) is 12.3. The van der Waals surface area contributed by atoms with Crippen LogP contribution in [0.2, 0.25) is 5.02 Å². The highest BCUT2D eigenvalue weighted by Crippen LogP contribution is 2.32. The van der Waals surface area contributed by atoms with Gasteiger partial charge in [-0.1, -0.05) is 53.7 Å². The van der Waals surface area contributed by atoms with Crippen LogP contribution in [0.15, 0.2) is 71.9 Å². The van der Waals surface area contributed by atoms with Crippen LogP contribution in [0.1, 0.15) is 38.4 Å². The standard InChI is InChI=1S/C26H22ClF3N4OS/c1-16-9-10-19(11-17(16)2)24(35)31-14-23-32-33-25(34(23)22-8-4-7-21(27)13-22)36-15-18-5-3-6-20(12-18)26(28,29)30/h3-13H,14-15H2,1-2H3,(H,31,35). The van der Waals surface area contributed by atoms with E-state index in [0.29, 0.717) is 32.8 Å². The molecule has 1 N–H and O–H groups in total. The highest BCUT2D eigenvalue weighted by atomic mass is 35.5. The molecule has 4 aromatic rings. The number of hydrogen-bond donors (Lipinski definition) is 1. The van der Waals surface area contributed by atoms with Gasteiger partial charge < -0.3 is 5.32 Å². The molecule has 0 saturated carbocycles. The molecule has 0 fully saturated rings. The first-order valence-electron chi connectivity index (χ1n) is 11.0. The van der Waals surface area contributed by atoms with Gasteiger partial charge in [0, 0.05) is 16.3 Å².